The second kappa shape index (κ2) is 7.27. The van der Waals surface area contributed by atoms with Crippen LogP contribution < -0.4 is 20.3 Å². The van der Waals surface area contributed by atoms with Crippen LogP contribution in [0, 0.1) is 6.92 Å². The molecule has 8 nitrogen and oxygen atoms in total. The third kappa shape index (κ3) is 3.29. The van der Waals surface area contributed by atoms with E-state index in [4.69, 9.17) is 9.47 Å². The van der Waals surface area contributed by atoms with Crippen LogP contribution in [0.2, 0.25) is 0 Å². The molecule has 0 saturated carbocycles. The Labute approximate surface area is 174 Å². The Balaban J connectivity index is 1.38. The van der Waals surface area contributed by atoms with Gasteiger partial charge >= 0.3 is 0 Å². The fraction of sp³-hybridized carbons (Fsp3) is 0.143. The van der Waals surface area contributed by atoms with Gasteiger partial charge in [-0.3, -0.25) is 14.2 Å². The van der Waals surface area contributed by atoms with E-state index in [1.165, 1.54) is 10.9 Å². The highest BCUT2D eigenvalue weighted by Gasteiger charge is 2.17. The molecule has 1 N–H and O–H groups in total. The average Bonchev–Trinajstić information content (AvgIpc) is 3.37. The number of aromatic nitrogens is 3. The molecular formula is C21H16N4O4S. The zero-order valence-electron chi connectivity index (χ0n) is 15.9. The van der Waals surface area contributed by atoms with Gasteiger partial charge < -0.3 is 14.8 Å². The number of nitrogens with zero attached hydrogens (tertiary/aromatic N) is 3. The number of benzene rings is 2. The Morgan fingerprint density at radius 1 is 1.17 bits per heavy atom. The van der Waals surface area contributed by atoms with E-state index in [0.29, 0.717) is 33.1 Å². The summed E-state index contributed by atoms with van der Waals surface area (Å²) in [6, 6.07) is 13.0. The number of nitrogens with one attached hydrogen (secondary N) is 1. The fourth-order valence-corrected chi connectivity index (χ4v) is 4.00. The van der Waals surface area contributed by atoms with Crippen molar-refractivity contribution in [2.45, 2.75) is 13.5 Å². The van der Waals surface area contributed by atoms with Crippen LogP contribution in [0.3, 0.4) is 0 Å². The van der Waals surface area contributed by atoms with Crippen molar-refractivity contribution in [2.24, 2.45) is 0 Å². The molecular weight excluding hydrogens is 404 g/mol. The molecule has 0 atom stereocenters. The molecule has 1 aliphatic rings. The molecule has 0 radical (unpaired) electrons. The summed E-state index contributed by atoms with van der Waals surface area (Å²) in [7, 11) is 0. The number of carbonyl (C=O) groups excluding carboxylic acids is 1. The van der Waals surface area contributed by atoms with Gasteiger partial charge in [0.2, 0.25) is 12.7 Å². The van der Waals surface area contributed by atoms with Crippen LogP contribution in [0.15, 0.2) is 53.6 Å². The van der Waals surface area contributed by atoms with Crippen molar-refractivity contribution in [1.29, 1.82) is 0 Å². The van der Waals surface area contributed by atoms with E-state index in [9.17, 15) is 9.59 Å². The second-order valence-corrected chi connectivity index (χ2v) is 7.64. The third-order valence-electron chi connectivity index (χ3n) is 4.74. The van der Waals surface area contributed by atoms with E-state index >= 15 is 0 Å². The minimum absolute atomic E-state index is 0.159. The van der Waals surface area contributed by atoms with Gasteiger partial charge in [-0.05, 0) is 30.6 Å². The van der Waals surface area contributed by atoms with E-state index in [1.807, 2.05) is 31.2 Å². The first-order valence-corrected chi connectivity index (χ1v) is 9.97. The maximum Gasteiger partial charge on any atom is 0.273 e. The third-order valence-corrected chi connectivity index (χ3v) is 5.57. The molecule has 2 aromatic carbocycles. The largest absolute Gasteiger partial charge is 0.454 e. The molecule has 9 heteroatoms. The molecule has 0 unspecified atom stereocenters. The Bertz CT molecular complexity index is 1330. The number of carbonyl (C=O) groups is 1. The van der Waals surface area contributed by atoms with E-state index < -0.39 is 0 Å². The molecule has 0 fully saturated rings. The van der Waals surface area contributed by atoms with Crippen molar-refractivity contribution in [2.75, 3.05) is 12.1 Å². The number of ether oxygens (including phenoxy) is 2. The zero-order chi connectivity index (χ0) is 20.7. The van der Waals surface area contributed by atoms with Gasteiger partial charge in [0.25, 0.3) is 5.56 Å². The monoisotopic (exact) mass is 420 g/mol. The molecule has 3 heterocycles. The predicted molar refractivity (Wildman–Crippen MR) is 113 cm³/mol. The van der Waals surface area contributed by atoms with Crippen molar-refractivity contribution < 1.29 is 14.3 Å². The summed E-state index contributed by atoms with van der Waals surface area (Å²) >= 11 is 1.09. The standard InChI is InChI=1S/C21H16N4O4S/c1-12-2-4-13(5-3-12)18-19-20(30-24-18)21(27)25(10-22-19)9-17(26)23-14-6-7-15-16(8-14)29-11-28-15/h2-8,10H,9,11H2,1H3,(H,23,26). The summed E-state index contributed by atoms with van der Waals surface area (Å²) < 4.78 is 16.7. The van der Waals surface area contributed by atoms with Crippen LogP contribution in [0.4, 0.5) is 5.69 Å². The van der Waals surface area contributed by atoms with Crippen LogP contribution >= 0.6 is 11.5 Å². The average molecular weight is 420 g/mol. The molecule has 1 amide bonds. The van der Waals surface area contributed by atoms with Crippen molar-refractivity contribution in [3.8, 4) is 22.8 Å². The Morgan fingerprint density at radius 2 is 1.97 bits per heavy atom. The minimum Gasteiger partial charge on any atom is -0.454 e. The highest BCUT2D eigenvalue weighted by molar-refractivity contribution is 7.13. The fourth-order valence-electron chi connectivity index (χ4n) is 3.20. The zero-order valence-corrected chi connectivity index (χ0v) is 16.7. The molecule has 0 spiro atoms. The Hall–Kier alpha value is -3.72. The van der Waals surface area contributed by atoms with Crippen LogP contribution in [0.25, 0.3) is 21.5 Å². The highest BCUT2D eigenvalue weighted by atomic mass is 32.1. The van der Waals surface area contributed by atoms with E-state index in [-0.39, 0.29) is 24.8 Å². The van der Waals surface area contributed by atoms with Crippen molar-refractivity contribution >= 4 is 33.3 Å². The van der Waals surface area contributed by atoms with Gasteiger partial charge in [0.15, 0.2) is 11.5 Å². The van der Waals surface area contributed by atoms with Crippen molar-refractivity contribution in [3.63, 3.8) is 0 Å². The van der Waals surface area contributed by atoms with Gasteiger partial charge in [0.05, 0.1) is 6.33 Å². The number of hydrogen-bond acceptors (Lipinski definition) is 7. The molecule has 30 heavy (non-hydrogen) atoms. The summed E-state index contributed by atoms with van der Waals surface area (Å²) in [6.07, 6.45) is 1.38. The number of anilines is 1. The number of fused-ring (bicyclic) bond motifs is 2. The lowest BCUT2D eigenvalue weighted by Gasteiger charge is -2.08. The maximum atomic E-state index is 12.8. The van der Waals surface area contributed by atoms with E-state index in [0.717, 1.165) is 22.7 Å². The second-order valence-electron chi connectivity index (χ2n) is 6.87. The summed E-state index contributed by atoms with van der Waals surface area (Å²) in [5, 5.41) is 2.76. The maximum absolute atomic E-state index is 12.8. The summed E-state index contributed by atoms with van der Waals surface area (Å²) in [6.45, 7) is 2.01. The lowest BCUT2D eigenvalue weighted by atomic mass is 10.1. The molecule has 1 aliphatic heterocycles. The minimum atomic E-state index is -0.347. The normalized spacial score (nSPS) is 12.3. The van der Waals surface area contributed by atoms with Crippen molar-refractivity contribution in [3.05, 3.63) is 64.7 Å². The summed E-state index contributed by atoms with van der Waals surface area (Å²) in [5.41, 5.74) is 3.52. The SMILES string of the molecule is Cc1ccc(-c2nsc3c(=O)n(CC(=O)Nc4ccc5c(c4)OCO5)cnc23)cc1. The predicted octanol–water partition coefficient (Wildman–Crippen LogP) is 3.20. The van der Waals surface area contributed by atoms with Gasteiger partial charge in [-0.2, -0.15) is 4.37 Å². The molecule has 0 bridgehead atoms. The van der Waals surface area contributed by atoms with Crippen LogP contribution in [0.1, 0.15) is 5.56 Å². The van der Waals surface area contributed by atoms with Crippen molar-refractivity contribution in [1.82, 2.24) is 13.9 Å². The molecule has 4 aromatic rings. The first kappa shape index (κ1) is 18.3. The van der Waals surface area contributed by atoms with Gasteiger partial charge in [0.1, 0.15) is 22.5 Å². The Morgan fingerprint density at radius 3 is 2.80 bits per heavy atom. The topological polar surface area (TPSA) is 95.3 Å². The van der Waals surface area contributed by atoms with E-state index in [1.54, 1.807) is 18.2 Å². The molecule has 5 rings (SSSR count). The summed E-state index contributed by atoms with van der Waals surface area (Å²) in [4.78, 5) is 29.7. The molecule has 2 aromatic heterocycles. The summed E-state index contributed by atoms with van der Waals surface area (Å²) in [5.74, 6) is 0.857. The van der Waals surface area contributed by atoms with E-state index in [2.05, 4.69) is 14.7 Å². The number of rotatable bonds is 4. The first-order valence-electron chi connectivity index (χ1n) is 9.20. The van der Waals surface area contributed by atoms with Crippen LogP contribution in [0.5, 0.6) is 11.5 Å². The number of aryl methyl sites for hydroxylation is 1. The smallest absolute Gasteiger partial charge is 0.273 e. The molecule has 0 saturated heterocycles. The number of amides is 1. The van der Waals surface area contributed by atoms with Gasteiger partial charge in [0, 0.05) is 17.3 Å². The quantitative estimate of drug-likeness (QED) is 0.545. The molecule has 0 aliphatic carbocycles. The molecule has 150 valence electrons. The lowest BCUT2D eigenvalue weighted by molar-refractivity contribution is -0.116. The van der Waals surface area contributed by atoms with Crippen LogP contribution in [-0.2, 0) is 11.3 Å². The number of hydrogen-bond donors (Lipinski definition) is 1. The van der Waals surface area contributed by atoms with Crippen LogP contribution in [-0.4, -0.2) is 26.6 Å². The highest BCUT2D eigenvalue weighted by Crippen LogP contribution is 2.34. The lowest BCUT2D eigenvalue weighted by Crippen LogP contribution is -2.27. The first-order chi connectivity index (χ1) is 14.6. The van der Waals surface area contributed by atoms with Gasteiger partial charge in [-0.1, -0.05) is 29.8 Å². The Kier molecular flexibility index (Phi) is 4.44. The van der Waals surface area contributed by atoms with Gasteiger partial charge in [-0.15, -0.1) is 0 Å². The van der Waals surface area contributed by atoms with Gasteiger partial charge in [-0.25, -0.2) is 4.98 Å².